The van der Waals surface area contributed by atoms with E-state index in [0.717, 1.165) is 61.5 Å². The number of hydrogen-bond donors (Lipinski definition) is 2. The SMILES string of the molecule is CCN(CC)Cc1cccc(O)c1-c1c(O)cccc1CN(CC)CC. The van der Waals surface area contributed by atoms with Crippen LogP contribution in [0.5, 0.6) is 11.5 Å². The van der Waals surface area contributed by atoms with Gasteiger partial charge in [-0.05, 0) is 49.4 Å². The van der Waals surface area contributed by atoms with Crippen molar-refractivity contribution in [2.45, 2.75) is 40.8 Å². The monoisotopic (exact) mass is 356 g/mol. The third-order valence-corrected chi connectivity index (χ3v) is 5.08. The van der Waals surface area contributed by atoms with Crippen molar-refractivity contribution in [2.24, 2.45) is 0 Å². The highest BCUT2D eigenvalue weighted by Crippen LogP contribution is 2.41. The van der Waals surface area contributed by atoms with Crippen LogP contribution in [0.25, 0.3) is 11.1 Å². The molecule has 2 rings (SSSR count). The molecule has 0 aromatic heterocycles. The van der Waals surface area contributed by atoms with Crippen LogP contribution >= 0.6 is 0 Å². The minimum absolute atomic E-state index is 0.219. The van der Waals surface area contributed by atoms with Gasteiger partial charge in [-0.25, -0.2) is 0 Å². The van der Waals surface area contributed by atoms with Gasteiger partial charge < -0.3 is 10.2 Å². The van der Waals surface area contributed by atoms with Crippen LogP contribution in [-0.4, -0.2) is 46.2 Å². The topological polar surface area (TPSA) is 46.9 Å². The Morgan fingerprint density at radius 3 is 1.27 bits per heavy atom. The first-order valence-corrected chi connectivity index (χ1v) is 9.62. The van der Waals surface area contributed by atoms with Crippen LogP contribution in [0.3, 0.4) is 0 Å². The zero-order chi connectivity index (χ0) is 19.1. The molecule has 4 nitrogen and oxygen atoms in total. The van der Waals surface area contributed by atoms with Crippen molar-refractivity contribution in [3.63, 3.8) is 0 Å². The second-order valence-corrected chi connectivity index (χ2v) is 6.55. The molecule has 2 aromatic rings. The average Bonchev–Trinajstić information content (AvgIpc) is 2.65. The minimum atomic E-state index is 0.219. The number of benzene rings is 2. The number of phenols is 2. The van der Waals surface area contributed by atoms with Crippen LogP contribution in [0.2, 0.25) is 0 Å². The van der Waals surface area contributed by atoms with Gasteiger partial charge in [0.1, 0.15) is 11.5 Å². The van der Waals surface area contributed by atoms with Gasteiger partial charge in [0.05, 0.1) is 0 Å². The minimum Gasteiger partial charge on any atom is -0.507 e. The first-order chi connectivity index (χ1) is 12.5. The van der Waals surface area contributed by atoms with Gasteiger partial charge in [0.25, 0.3) is 0 Å². The molecule has 0 atom stereocenters. The molecule has 142 valence electrons. The van der Waals surface area contributed by atoms with E-state index in [1.54, 1.807) is 12.1 Å². The fourth-order valence-corrected chi connectivity index (χ4v) is 3.39. The molecule has 4 heteroatoms. The van der Waals surface area contributed by atoms with Gasteiger partial charge in [-0.3, -0.25) is 9.80 Å². The Morgan fingerprint density at radius 2 is 0.962 bits per heavy atom. The number of nitrogens with zero attached hydrogens (tertiary/aromatic N) is 2. The first-order valence-electron chi connectivity index (χ1n) is 9.62. The molecule has 2 aromatic carbocycles. The molecule has 0 saturated carbocycles. The molecule has 0 bridgehead atoms. The summed E-state index contributed by atoms with van der Waals surface area (Å²) in [5, 5.41) is 21.3. The quantitative estimate of drug-likeness (QED) is 0.697. The van der Waals surface area contributed by atoms with E-state index in [1.165, 1.54) is 0 Å². The maximum absolute atomic E-state index is 10.7. The summed E-state index contributed by atoms with van der Waals surface area (Å²) in [4.78, 5) is 4.62. The Labute approximate surface area is 157 Å². The van der Waals surface area contributed by atoms with E-state index in [2.05, 4.69) is 37.5 Å². The van der Waals surface area contributed by atoms with Gasteiger partial charge >= 0.3 is 0 Å². The molecule has 0 spiro atoms. The molecule has 0 aliphatic carbocycles. The summed E-state index contributed by atoms with van der Waals surface area (Å²) < 4.78 is 0. The Hall–Kier alpha value is -2.04. The predicted octanol–water partition coefficient (Wildman–Crippen LogP) is 4.45. The van der Waals surface area contributed by atoms with Crippen molar-refractivity contribution in [1.29, 1.82) is 0 Å². The van der Waals surface area contributed by atoms with Crippen LogP contribution in [0.15, 0.2) is 36.4 Å². The molecule has 0 heterocycles. The van der Waals surface area contributed by atoms with Gasteiger partial charge in [-0.15, -0.1) is 0 Å². The van der Waals surface area contributed by atoms with Crippen LogP contribution in [0.4, 0.5) is 0 Å². The molecule has 26 heavy (non-hydrogen) atoms. The van der Waals surface area contributed by atoms with Gasteiger partial charge in [0.15, 0.2) is 0 Å². The molecule has 0 unspecified atom stereocenters. The van der Waals surface area contributed by atoms with Gasteiger partial charge in [-0.1, -0.05) is 52.0 Å². The summed E-state index contributed by atoms with van der Waals surface area (Å²) >= 11 is 0. The zero-order valence-corrected chi connectivity index (χ0v) is 16.5. The fraction of sp³-hybridized carbons (Fsp3) is 0.455. The van der Waals surface area contributed by atoms with Crippen molar-refractivity contribution in [3.8, 4) is 22.6 Å². The highest BCUT2D eigenvalue weighted by atomic mass is 16.3. The molecule has 0 amide bonds. The van der Waals surface area contributed by atoms with E-state index in [1.807, 2.05) is 24.3 Å². The van der Waals surface area contributed by atoms with Crippen LogP contribution < -0.4 is 0 Å². The Kier molecular flexibility index (Phi) is 7.49. The lowest BCUT2D eigenvalue weighted by Gasteiger charge is -2.24. The molecule has 0 aliphatic rings. The van der Waals surface area contributed by atoms with Crippen molar-refractivity contribution >= 4 is 0 Å². The largest absolute Gasteiger partial charge is 0.507 e. The van der Waals surface area contributed by atoms with E-state index in [9.17, 15) is 10.2 Å². The van der Waals surface area contributed by atoms with E-state index in [-0.39, 0.29) is 11.5 Å². The Balaban J connectivity index is 2.57. The van der Waals surface area contributed by atoms with Gasteiger partial charge in [-0.2, -0.15) is 0 Å². The lowest BCUT2D eigenvalue weighted by atomic mass is 9.93. The summed E-state index contributed by atoms with van der Waals surface area (Å²) in [5.41, 5.74) is 3.58. The number of phenolic OH excluding ortho intramolecular Hbond substituents is 2. The van der Waals surface area contributed by atoms with E-state index >= 15 is 0 Å². The number of rotatable bonds is 9. The first kappa shape index (κ1) is 20.3. The van der Waals surface area contributed by atoms with E-state index < -0.39 is 0 Å². The normalized spacial score (nSPS) is 11.5. The molecule has 2 N–H and O–H groups in total. The molecular weight excluding hydrogens is 324 g/mol. The summed E-state index contributed by atoms with van der Waals surface area (Å²) in [6.07, 6.45) is 0. The second kappa shape index (κ2) is 9.60. The molecule has 0 saturated heterocycles. The molecule has 0 radical (unpaired) electrons. The van der Waals surface area contributed by atoms with Crippen LogP contribution in [-0.2, 0) is 13.1 Å². The number of aromatic hydroxyl groups is 2. The maximum atomic E-state index is 10.7. The van der Waals surface area contributed by atoms with Crippen LogP contribution in [0.1, 0.15) is 38.8 Å². The van der Waals surface area contributed by atoms with Crippen molar-refractivity contribution in [2.75, 3.05) is 26.2 Å². The smallest absolute Gasteiger partial charge is 0.123 e. The van der Waals surface area contributed by atoms with E-state index in [0.29, 0.717) is 0 Å². The van der Waals surface area contributed by atoms with Crippen molar-refractivity contribution in [3.05, 3.63) is 47.5 Å². The lowest BCUT2D eigenvalue weighted by molar-refractivity contribution is 0.294. The molecule has 0 aliphatic heterocycles. The predicted molar refractivity (Wildman–Crippen MR) is 108 cm³/mol. The fourth-order valence-electron chi connectivity index (χ4n) is 3.39. The van der Waals surface area contributed by atoms with E-state index in [4.69, 9.17) is 0 Å². The molecule has 0 fully saturated rings. The Morgan fingerprint density at radius 1 is 0.615 bits per heavy atom. The summed E-state index contributed by atoms with van der Waals surface area (Å²) in [6, 6.07) is 11.2. The summed E-state index contributed by atoms with van der Waals surface area (Å²) in [7, 11) is 0. The zero-order valence-electron chi connectivity index (χ0n) is 16.5. The molecular formula is C22H32N2O2. The highest BCUT2D eigenvalue weighted by molar-refractivity contribution is 5.81. The summed E-state index contributed by atoms with van der Waals surface area (Å²) in [6.45, 7) is 13.8. The summed E-state index contributed by atoms with van der Waals surface area (Å²) in [5.74, 6) is 0.439. The standard InChI is InChI=1S/C22H32N2O2/c1-5-23(6-2)15-17-11-9-13-19(25)21(17)22-18(12-10-14-20(22)26)16-24(7-3)8-4/h9-14,25-26H,5-8,15-16H2,1-4H3. The second-order valence-electron chi connectivity index (χ2n) is 6.55. The van der Waals surface area contributed by atoms with Gasteiger partial charge in [0.2, 0.25) is 0 Å². The Bertz CT molecular complexity index is 646. The lowest BCUT2D eigenvalue weighted by Crippen LogP contribution is -2.23. The highest BCUT2D eigenvalue weighted by Gasteiger charge is 2.19. The third kappa shape index (κ3) is 4.57. The number of hydrogen-bond acceptors (Lipinski definition) is 4. The van der Waals surface area contributed by atoms with Crippen LogP contribution in [0, 0.1) is 0 Å². The van der Waals surface area contributed by atoms with Crippen molar-refractivity contribution < 1.29 is 10.2 Å². The van der Waals surface area contributed by atoms with Gasteiger partial charge in [0, 0.05) is 24.2 Å². The van der Waals surface area contributed by atoms with Crippen molar-refractivity contribution in [1.82, 2.24) is 9.80 Å². The third-order valence-electron chi connectivity index (χ3n) is 5.08. The maximum Gasteiger partial charge on any atom is 0.123 e. The average molecular weight is 357 g/mol.